The number of halogens is 4. The number of ether oxygens (including phenoxy) is 1. The first kappa shape index (κ1) is 15.6. The van der Waals surface area contributed by atoms with Crippen molar-refractivity contribution in [1.82, 2.24) is 9.36 Å². The lowest BCUT2D eigenvalue weighted by molar-refractivity contribution is -0.137. The minimum absolute atomic E-state index is 0.160. The Morgan fingerprint density at radius 1 is 1.33 bits per heavy atom. The molecule has 114 valence electrons. The maximum atomic E-state index is 13.2. The molecule has 0 bridgehead atoms. The minimum Gasteiger partial charge on any atom is -0.383 e. The molecule has 1 aromatic heterocycles. The number of anilines is 1. The maximum Gasteiger partial charge on any atom is 0.417 e. The Bertz CT molecular complexity index is 615. The van der Waals surface area contributed by atoms with E-state index in [9.17, 15) is 17.6 Å². The first-order valence-corrected chi connectivity index (χ1v) is 6.63. The molecule has 0 atom stereocenters. The van der Waals surface area contributed by atoms with Gasteiger partial charge in [-0.2, -0.15) is 22.5 Å². The quantitative estimate of drug-likeness (QED) is 0.677. The summed E-state index contributed by atoms with van der Waals surface area (Å²) in [6.07, 6.45) is -4.60. The van der Waals surface area contributed by atoms with Crippen molar-refractivity contribution in [3.8, 4) is 11.4 Å². The molecule has 0 aliphatic carbocycles. The summed E-state index contributed by atoms with van der Waals surface area (Å²) in [5.41, 5.74) is -1.34. The van der Waals surface area contributed by atoms with Crippen molar-refractivity contribution in [2.75, 3.05) is 25.6 Å². The molecular weight excluding hydrogens is 310 g/mol. The van der Waals surface area contributed by atoms with E-state index >= 15 is 0 Å². The van der Waals surface area contributed by atoms with Gasteiger partial charge in [0, 0.05) is 30.8 Å². The average molecular weight is 321 g/mol. The number of methoxy groups -OCH3 is 1. The molecule has 0 fully saturated rings. The molecule has 0 unspecified atom stereocenters. The minimum atomic E-state index is -4.60. The van der Waals surface area contributed by atoms with E-state index in [-0.39, 0.29) is 11.4 Å². The van der Waals surface area contributed by atoms with Gasteiger partial charge in [-0.3, -0.25) is 0 Å². The van der Waals surface area contributed by atoms with Crippen LogP contribution >= 0.6 is 11.5 Å². The Labute approximate surface area is 121 Å². The van der Waals surface area contributed by atoms with Gasteiger partial charge in [-0.25, -0.2) is 4.39 Å². The number of alkyl halides is 3. The molecule has 4 nitrogen and oxygen atoms in total. The molecule has 2 rings (SSSR count). The third-order valence-corrected chi connectivity index (χ3v) is 3.21. The van der Waals surface area contributed by atoms with E-state index in [0.717, 1.165) is 23.7 Å². The van der Waals surface area contributed by atoms with Crippen LogP contribution in [-0.2, 0) is 10.9 Å². The number of rotatable bonds is 5. The molecule has 0 saturated carbocycles. The first-order valence-electron chi connectivity index (χ1n) is 5.85. The molecule has 0 radical (unpaired) electrons. The van der Waals surface area contributed by atoms with Gasteiger partial charge >= 0.3 is 6.18 Å². The molecule has 1 N–H and O–H groups in total. The molecule has 21 heavy (non-hydrogen) atoms. The fourth-order valence-electron chi connectivity index (χ4n) is 1.61. The Morgan fingerprint density at radius 3 is 2.76 bits per heavy atom. The molecule has 9 heteroatoms. The predicted octanol–water partition coefficient (Wildman–Crippen LogP) is 3.42. The second kappa shape index (κ2) is 6.35. The third-order valence-electron chi connectivity index (χ3n) is 2.54. The summed E-state index contributed by atoms with van der Waals surface area (Å²) < 4.78 is 60.6. The number of aromatic nitrogens is 2. The zero-order valence-electron chi connectivity index (χ0n) is 10.9. The van der Waals surface area contributed by atoms with Crippen LogP contribution in [0.4, 0.5) is 22.7 Å². The molecule has 0 aliphatic rings. The number of nitrogens with zero attached hydrogens (tertiary/aromatic N) is 2. The highest BCUT2D eigenvalue weighted by molar-refractivity contribution is 7.09. The summed E-state index contributed by atoms with van der Waals surface area (Å²) in [6.45, 7) is 0.864. The van der Waals surface area contributed by atoms with Crippen LogP contribution in [0.3, 0.4) is 0 Å². The van der Waals surface area contributed by atoms with Crippen LogP contribution in [0.5, 0.6) is 0 Å². The molecule has 2 aromatic rings. The van der Waals surface area contributed by atoms with Gasteiger partial charge in [0.05, 0.1) is 12.2 Å². The second-order valence-electron chi connectivity index (χ2n) is 4.03. The molecule has 1 heterocycles. The van der Waals surface area contributed by atoms with Gasteiger partial charge in [-0.05, 0) is 18.2 Å². The summed E-state index contributed by atoms with van der Waals surface area (Å²) in [4.78, 5) is 3.94. The lowest BCUT2D eigenvalue weighted by Gasteiger charge is -2.10. The highest BCUT2D eigenvalue weighted by Crippen LogP contribution is 2.37. The zero-order valence-corrected chi connectivity index (χ0v) is 11.7. The second-order valence-corrected chi connectivity index (χ2v) is 4.78. The summed E-state index contributed by atoms with van der Waals surface area (Å²) in [7, 11) is 1.52. The maximum absolute atomic E-state index is 13.2. The van der Waals surface area contributed by atoms with Gasteiger partial charge in [0.25, 0.3) is 0 Å². The lowest BCUT2D eigenvalue weighted by atomic mass is 10.1. The van der Waals surface area contributed by atoms with Crippen molar-refractivity contribution in [3.05, 3.63) is 29.6 Å². The van der Waals surface area contributed by atoms with Gasteiger partial charge in [0.2, 0.25) is 5.13 Å². The largest absolute Gasteiger partial charge is 0.417 e. The molecular formula is C12H11F4N3OS. The van der Waals surface area contributed by atoms with Crippen LogP contribution in [0.15, 0.2) is 18.2 Å². The van der Waals surface area contributed by atoms with Gasteiger partial charge in [0.15, 0.2) is 5.82 Å². The highest BCUT2D eigenvalue weighted by Gasteiger charge is 2.34. The van der Waals surface area contributed by atoms with E-state index in [2.05, 4.69) is 14.7 Å². The third kappa shape index (κ3) is 3.88. The predicted molar refractivity (Wildman–Crippen MR) is 70.7 cm³/mol. The van der Waals surface area contributed by atoms with Crippen molar-refractivity contribution >= 4 is 16.7 Å². The smallest absolute Gasteiger partial charge is 0.383 e. The molecule has 1 aromatic carbocycles. The topological polar surface area (TPSA) is 47.0 Å². The van der Waals surface area contributed by atoms with E-state index in [0.29, 0.717) is 24.3 Å². The van der Waals surface area contributed by atoms with Crippen molar-refractivity contribution < 1.29 is 22.3 Å². The van der Waals surface area contributed by atoms with Crippen LogP contribution < -0.4 is 5.32 Å². The Hall–Kier alpha value is -1.74. The monoisotopic (exact) mass is 321 g/mol. The SMILES string of the molecule is COCCNc1nc(-c2cc(F)ccc2C(F)(F)F)ns1. The van der Waals surface area contributed by atoms with E-state index in [4.69, 9.17) is 4.74 Å². The van der Waals surface area contributed by atoms with Crippen LogP contribution in [0.2, 0.25) is 0 Å². The molecule has 0 aliphatic heterocycles. The van der Waals surface area contributed by atoms with Crippen molar-refractivity contribution in [1.29, 1.82) is 0 Å². The van der Waals surface area contributed by atoms with E-state index in [1.54, 1.807) is 0 Å². The lowest BCUT2D eigenvalue weighted by Crippen LogP contribution is -2.08. The van der Waals surface area contributed by atoms with Gasteiger partial charge in [-0.15, -0.1) is 0 Å². The number of hydrogen-bond acceptors (Lipinski definition) is 5. The fraction of sp³-hybridized carbons (Fsp3) is 0.333. The highest BCUT2D eigenvalue weighted by atomic mass is 32.1. The van der Waals surface area contributed by atoms with Gasteiger partial charge in [0.1, 0.15) is 5.82 Å². The van der Waals surface area contributed by atoms with Crippen molar-refractivity contribution in [2.45, 2.75) is 6.18 Å². The fourth-order valence-corrected chi connectivity index (χ4v) is 2.22. The van der Waals surface area contributed by atoms with E-state index in [1.165, 1.54) is 7.11 Å². The standard InChI is InChI=1S/C12H11F4N3OS/c1-20-5-4-17-11-18-10(19-21-11)8-6-7(13)2-3-9(8)12(14,15)16/h2-3,6H,4-5H2,1H3,(H,17,18,19). The number of nitrogens with one attached hydrogen (secondary N) is 1. The summed E-state index contributed by atoms with van der Waals surface area (Å²) >= 11 is 0.902. The normalized spacial score (nSPS) is 11.7. The van der Waals surface area contributed by atoms with E-state index in [1.807, 2.05) is 0 Å². The Balaban J connectivity index is 2.31. The van der Waals surface area contributed by atoms with Gasteiger partial charge in [-0.1, -0.05) is 0 Å². The molecule has 0 saturated heterocycles. The van der Waals surface area contributed by atoms with Crippen molar-refractivity contribution in [3.63, 3.8) is 0 Å². The Kier molecular flexibility index (Phi) is 4.73. The molecule has 0 amide bonds. The Morgan fingerprint density at radius 2 is 2.10 bits per heavy atom. The van der Waals surface area contributed by atoms with Crippen LogP contribution in [-0.4, -0.2) is 29.6 Å². The van der Waals surface area contributed by atoms with Crippen molar-refractivity contribution in [2.24, 2.45) is 0 Å². The summed E-state index contributed by atoms with van der Waals surface area (Å²) in [5, 5.41) is 3.20. The van der Waals surface area contributed by atoms with Gasteiger partial charge < -0.3 is 10.1 Å². The van der Waals surface area contributed by atoms with Crippen LogP contribution in [0, 0.1) is 5.82 Å². The zero-order chi connectivity index (χ0) is 15.5. The first-order chi connectivity index (χ1) is 9.91. The van der Waals surface area contributed by atoms with Crippen LogP contribution in [0.1, 0.15) is 5.56 Å². The number of hydrogen-bond donors (Lipinski definition) is 1. The molecule has 0 spiro atoms. The average Bonchev–Trinajstić information content (AvgIpc) is 2.86. The van der Waals surface area contributed by atoms with Crippen LogP contribution in [0.25, 0.3) is 11.4 Å². The summed E-state index contributed by atoms with van der Waals surface area (Å²) in [6, 6.07) is 2.23. The van der Waals surface area contributed by atoms with E-state index < -0.39 is 17.6 Å². The number of benzene rings is 1. The summed E-state index contributed by atoms with van der Waals surface area (Å²) in [5.74, 6) is -0.937.